The lowest BCUT2D eigenvalue weighted by Gasteiger charge is -2.28. The second-order valence-corrected chi connectivity index (χ2v) is 8.56. The first-order chi connectivity index (χ1) is 15.1. The fourth-order valence-electron chi connectivity index (χ4n) is 3.60. The molecule has 1 amide bonds. The smallest absolute Gasteiger partial charge is 0.263 e. The summed E-state index contributed by atoms with van der Waals surface area (Å²) >= 11 is 1.40. The minimum atomic E-state index is -0.131. The van der Waals surface area contributed by atoms with Gasteiger partial charge in [-0.3, -0.25) is 4.79 Å². The monoisotopic (exact) mass is 437 g/mol. The standard InChI is InChI=1S/C23H27N5O2S/c1-16-21(31-23(25-16)18-9-5-3-6-10-18)22(29)24-11-14-30-20-15-19(26-17(2)27-20)28-12-7-4-8-13-28/h3,5-6,9-10,15H,4,7-8,11-14H2,1-2H3,(H,24,29). The molecule has 31 heavy (non-hydrogen) atoms. The van der Waals surface area contributed by atoms with Crippen molar-refractivity contribution in [2.24, 2.45) is 0 Å². The molecule has 2 aromatic heterocycles. The molecule has 3 aromatic rings. The predicted octanol–water partition coefficient (Wildman–Crippen LogP) is 4.02. The molecule has 0 aliphatic carbocycles. The number of thiazole rings is 1. The van der Waals surface area contributed by atoms with E-state index >= 15 is 0 Å². The number of amides is 1. The van der Waals surface area contributed by atoms with Gasteiger partial charge in [0.1, 0.15) is 28.1 Å². The minimum absolute atomic E-state index is 0.131. The van der Waals surface area contributed by atoms with Crippen molar-refractivity contribution in [2.75, 3.05) is 31.1 Å². The van der Waals surface area contributed by atoms with Crippen LogP contribution in [0.25, 0.3) is 10.6 Å². The highest BCUT2D eigenvalue weighted by Crippen LogP contribution is 2.27. The predicted molar refractivity (Wildman–Crippen MR) is 123 cm³/mol. The number of rotatable bonds is 7. The number of ether oxygens (including phenoxy) is 1. The molecule has 7 nitrogen and oxygen atoms in total. The molecule has 0 spiro atoms. The van der Waals surface area contributed by atoms with E-state index in [-0.39, 0.29) is 5.91 Å². The molecule has 1 aliphatic rings. The SMILES string of the molecule is Cc1nc(OCCNC(=O)c2sc(-c3ccccc3)nc2C)cc(N2CCCCC2)n1. The van der Waals surface area contributed by atoms with E-state index in [9.17, 15) is 4.79 Å². The Kier molecular flexibility index (Phi) is 6.76. The highest BCUT2D eigenvalue weighted by atomic mass is 32.1. The number of nitrogens with zero attached hydrogens (tertiary/aromatic N) is 4. The van der Waals surface area contributed by atoms with Gasteiger partial charge in [0.2, 0.25) is 5.88 Å². The lowest BCUT2D eigenvalue weighted by Crippen LogP contribution is -2.30. The number of benzene rings is 1. The van der Waals surface area contributed by atoms with Crippen molar-refractivity contribution in [3.8, 4) is 16.5 Å². The van der Waals surface area contributed by atoms with Gasteiger partial charge in [-0.05, 0) is 33.1 Å². The van der Waals surface area contributed by atoms with Crippen molar-refractivity contribution in [3.63, 3.8) is 0 Å². The van der Waals surface area contributed by atoms with E-state index in [4.69, 9.17) is 4.74 Å². The summed E-state index contributed by atoms with van der Waals surface area (Å²) in [6.07, 6.45) is 3.65. The molecule has 0 radical (unpaired) electrons. The molecule has 1 aromatic carbocycles. The molecule has 0 atom stereocenters. The van der Waals surface area contributed by atoms with Crippen LogP contribution in [0, 0.1) is 13.8 Å². The van der Waals surface area contributed by atoms with E-state index in [1.807, 2.05) is 50.2 Å². The van der Waals surface area contributed by atoms with Gasteiger partial charge in [0, 0.05) is 24.7 Å². The molecule has 8 heteroatoms. The van der Waals surface area contributed by atoms with Crippen LogP contribution in [0.1, 0.15) is 40.5 Å². The Morgan fingerprint density at radius 3 is 2.65 bits per heavy atom. The maximum Gasteiger partial charge on any atom is 0.263 e. The van der Waals surface area contributed by atoms with Crippen molar-refractivity contribution < 1.29 is 9.53 Å². The summed E-state index contributed by atoms with van der Waals surface area (Å²) in [5, 5.41) is 3.77. The number of aryl methyl sites for hydroxylation is 2. The number of carbonyl (C=O) groups excluding carboxylic acids is 1. The molecule has 0 unspecified atom stereocenters. The molecule has 162 valence electrons. The van der Waals surface area contributed by atoms with Crippen molar-refractivity contribution in [1.29, 1.82) is 0 Å². The van der Waals surface area contributed by atoms with Crippen molar-refractivity contribution in [3.05, 3.63) is 52.8 Å². The van der Waals surface area contributed by atoms with E-state index in [1.54, 1.807) is 0 Å². The largest absolute Gasteiger partial charge is 0.476 e. The highest BCUT2D eigenvalue weighted by molar-refractivity contribution is 7.17. The molecular formula is C23H27N5O2S. The zero-order chi connectivity index (χ0) is 21.6. The normalized spacial score (nSPS) is 13.8. The maximum atomic E-state index is 12.6. The lowest BCUT2D eigenvalue weighted by molar-refractivity contribution is 0.0950. The van der Waals surface area contributed by atoms with Gasteiger partial charge in [-0.2, -0.15) is 4.98 Å². The molecule has 1 saturated heterocycles. The van der Waals surface area contributed by atoms with Gasteiger partial charge in [-0.1, -0.05) is 30.3 Å². The number of piperidine rings is 1. The number of hydrogen-bond acceptors (Lipinski definition) is 7. The topological polar surface area (TPSA) is 80.2 Å². The van der Waals surface area contributed by atoms with Crippen LogP contribution in [0.3, 0.4) is 0 Å². The Morgan fingerprint density at radius 1 is 1.10 bits per heavy atom. The summed E-state index contributed by atoms with van der Waals surface area (Å²) in [6, 6.07) is 11.8. The average Bonchev–Trinajstić information content (AvgIpc) is 3.19. The first-order valence-corrected chi connectivity index (χ1v) is 11.5. The molecule has 0 saturated carbocycles. The minimum Gasteiger partial charge on any atom is -0.476 e. The fourth-order valence-corrected chi connectivity index (χ4v) is 4.58. The lowest BCUT2D eigenvalue weighted by atomic mass is 10.1. The molecule has 0 bridgehead atoms. The zero-order valence-electron chi connectivity index (χ0n) is 17.9. The first-order valence-electron chi connectivity index (χ1n) is 10.6. The van der Waals surface area contributed by atoms with E-state index < -0.39 is 0 Å². The highest BCUT2D eigenvalue weighted by Gasteiger charge is 2.17. The van der Waals surface area contributed by atoms with Crippen LogP contribution < -0.4 is 15.0 Å². The number of anilines is 1. The summed E-state index contributed by atoms with van der Waals surface area (Å²) in [4.78, 5) is 29.0. The van der Waals surface area contributed by atoms with Gasteiger partial charge in [-0.25, -0.2) is 9.97 Å². The van der Waals surface area contributed by atoms with Crippen molar-refractivity contribution in [1.82, 2.24) is 20.3 Å². The Labute approximate surface area is 186 Å². The number of nitrogens with one attached hydrogen (secondary N) is 1. The summed E-state index contributed by atoms with van der Waals surface area (Å²) in [5.74, 6) is 2.02. The van der Waals surface area contributed by atoms with Gasteiger partial charge < -0.3 is 15.0 Å². The Morgan fingerprint density at radius 2 is 1.87 bits per heavy atom. The summed E-state index contributed by atoms with van der Waals surface area (Å²) in [5.41, 5.74) is 1.75. The van der Waals surface area contributed by atoms with E-state index in [1.165, 1.54) is 30.6 Å². The fraction of sp³-hybridized carbons (Fsp3) is 0.391. The summed E-state index contributed by atoms with van der Waals surface area (Å²) in [7, 11) is 0. The van der Waals surface area contributed by atoms with Crippen LogP contribution in [0.2, 0.25) is 0 Å². The van der Waals surface area contributed by atoms with Gasteiger partial charge in [0.05, 0.1) is 12.2 Å². The Balaban J connectivity index is 1.31. The molecule has 3 heterocycles. The third kappa shape index (κ3) is 5.38. The van der Waals surface area contributed by atoms with E-state index in [2.05, 4.69) is 25.2 Å². The Bertz CT molecular complexity index is 1030. The van der Waals surface area contributed by atoms with Gasteiger partial charge in [-0.15, -0.1) is 11.3 Å². The number of hydrogen-bond donors (Lipinski definition) is 1. The summed E-state index contributed by atoms with van der Waals surface area (Å²) < 4.78 is 5.80. The zero-order valence-corrected chi connectivity index (χ0v) is 18.7. The molecule has 4 rings (SSSR count). The molecule has 1 aliphatic heterocycles. The third-order valence-corrected chi connectivity index (χ3v) is 6.35. The second-order valence-electron chi connectivity index (χ2n) is 7.56. The van der Waals surface area contributed by atoms with Gasteiger partial charge in [0.25, 0.3) is 5.91 Å². The van der Waals surface area contributed by atoms with Crippen LogP contribution in [-0.2, 0) is 0 Å². The van der Waals surface area contributed by atoms with Crippen LogP contribution in [0.15, 0.2) is 36.4 Å². The van der Waals surface area contributed by atoms with Crippen molar-refractivity contribution in [2.45, 2.75) is 33.1 Å². The molecule has 1 fully saturated rings. The first kappa shape index (κ1) is 21.2. The van der Waals surface area contributed by atoms with E-state index in [0.29, 0.717) is 29.7 Å². The maximum absolute atomic E-state index is 12.6. The third-order valence-electron chi connectivity index (χ3n) is 5.14. The van der Waals surface area contributed by atoms with E-state index in [0.717, 1.165) is 35.2 Å². The second kappa shape index (κ2) is 9.87. The quantitative estimate of drug-likeness (QED) is 0.563. The number of carbonyl (C=O) groups is 1. The molecule has 1 N–H and O–H groups in total. The van der Waals surface area contributed by atoms with Gasteiger partial charge in [0.15, 0.2) is 0 Å². The summed E-state index contributed by atoms with van der Waals surface area (Å²) in [6.45, 7) is 6.50. The average molecular weight is 438 g/mol. The molecular weight excluding hydrogens is 410 g/mol. The van der Waals surface area contributed by atoms with Crippen molar-refractivity contribution >= 4 is 23.1 Å². The van der Waals surface area contributed by atoms with Crippen LogP contribution in [0.5, 0.6) is 5.88 Å². The van der Waals surface area contributed by atoms with Crippen LogP contribution in [-0.4, -0.2) is 47.1 Å². The Hall–Kier alpha value is -3.00. The van der Waals surface area contributed by atoms with Crippen LogP contribution >= 0.6 is 11.3 Å². The van der Waals surface area contributed by atoms with Gasteiger partial charge >= 0.3 is 0 Å². The van der Waals surface area contributed by atoms with Crippen LogP contribution in [0.4, 0.5) is 5.82 Å². The number of aromatic nitrogens is 3.